The van der Waals surface area contributed by atoms with E-state index >= 15 is 0 Å². The number of Topliss-reactive ketones (excluding diaryl/α,β-unsaturated/α-hetero) is 1. The van der Waals surface area contributed by atoms with Gasteiger partial charge >= 0.3 is 0 Å². The first kappa shape index (κ1) is 10.9. The highest BCUT2D eigenvalue weighted by atomic mass is 16.5. The molecule has 2 heteroatoms. The number of benzene rings is 1. The van der Waals surface area contributed by atoms with E-state index < -0.39 is 0 Å². The monoisotopic (exact) mass is 216 g/mol. The van der Waals surface area contributed by atoms with E-state index in [1.165, 1.54) is 5.56 Å². The van der Waals surface area contributed by atoms with Crippen LogP contribution in [0, 0.1) is 0 Å². The number of ketones is 1. The summed E-state index contributed by atoms with van der Waals surface area (Å²) in [6.45, 7) is 1.92. The van der Waals surface area contributed by atoms with Crippen LogP contribution in [0.3, 0.4) is 0 Å². The summed E-state index contributed by atoms with van der Waals surface area (Å²) in [7, 11) is 1.67. The number of fused-ring (bicyclic) bond motifs is 1. The molecular formula is C14H16O2. The van der Waals surface area contributed by atoms with Crippen LogP contribution >= 0.6 is 0 Å². The quantitative estimate of drug-likeness (QED) is 0.533. The molecule has 0 radical (unpaired) electrons. The molecule has 0 heterocycles. The fourth-order valence-electron chi connectivity index (χ4n) is 2.21. The molecule has 0 spiro atoms. The molecule has 0 saturated carbocycles. The minimum atomic E-state index is 0.256. The number of rotatable bonds is 1. The smallest absolute Gasteiger partial charge is 0.163 e. The van der Waals surface area contributed by atoms with Gasteiger partial charge < -0.3 is 4.74 Å². The number of allylic oxidation sites excluding steroid dienone is 2. The van der Waals surface area contributed by atoms with Crippen LogP contribution in [0.1, 0.15) is 30.9 Å². The van der Waals surface area contributed by atoms with E-state index in [2.05, 4.69) is 0 Å². The maximum atomic E-state index is 11.9. The molecule has 0 amide bonds. The lowest BCUT2D eigenvalue weighted by Crippen LogP contribution is -1.99. The van der Waals surface area contributed by atoms with Gasteiger partial charge in [0.2, 0.25) is 0 Å². The van der Waals surface area contributed by atoms with Gasteiger partial charge in [-0.1, -0.05) is 12.1 Å². The van der Waals surface area contributed by atoms with Crippen molar-refractivity contribution in [1.82, 2.24) is 0 Å². The minimum Gasteiger partial charge on any atom is -0.497 e. The second-order valence-corrected chi connectivity index (χ2v) is 4.00. The van der Waals surface area contributed by atoms with Crippen LogP contribution in [-0.4, -0.2) is 12.9 Å². The number of carbonyl (C=O) groups is 1. The van der Waals surface area contributed by atoms with Gasteiger partial charge in [0.25, 0.3) is 0 Å². The summed E-state index contributed by atoms with van der Waals surface area (Å²) >= 11 is 0. The third-order valence-electron chi connectivity index (χ3n) is 3.04. The summed E-state index contributed by atoms with van der Waals surface area (Å²) in [6, 6.07) is 5.95. The van der Waals surface area contributed by atoms with E-state index in [1.54, 1.807) is 7.11 Å². The van der Waals surface area contributed by atoms with Crippen molar-refractivity contribution in [3.8, 4) is 5.75 Å². The summed E-state index contributed by atoms with van der Waals surface area (Å²) in [5, 5.41) is 0. The molecule has 1 aromatic rings. The first-order chi connectivity index (χ1) is 7.76. The van der Waals surface area contributed by atoms with Crippen LogP contribution in [0.15, 0.2) is 24.3 Å². The average Bonchev–Trinajstić information content (AvgIpc) is 2.46. The molecule has 2 nitrogen and oxygen atoms in total. The Morgan fingerprint density at radius 3 is 2.81 bits per heavy atom. The van der Waals surface area contributed by atoms with Gasteiger partial charge in [0.1, 0.15) is 5.75 Å². The molecule has 1 aliphatic rings. The van der Waals surface area contributed by atoms with Crippen molar-refractivity contribution in [1.29, 1.82) is 0 Å². The summed E-state index contributed by atoms with van der Waals surface area (Å²) in [6.07, 6.45) is 4.45. The Morgan fingerprint density at radius 2 is 2.12 bits per heavy atom. The number of aryl methyl sites for hydroxylation is 1. The van der Waals surface area contributed by atoms with Crippen molar-refractivity contribution in [2.75, 3.05) is 7.11 Å². The molecular weight excluding hydrogens is 200 g/mol. The van der Waals surface area contributed by atoms with Crippen molar-refractivity contribution in [3.63, 3.8) is 0 Å². The zero-order valence-electron chi connectivity index (χ0n) is 9.75. The van der Waals surface area contributed by atoms with Gasteiger partial charge in [-0.25, -0.2) is 0 Å². The minimum absolute atomic E-state index is 0.256. The van der Waals surface area contributed by atoms with Crippen LogP contribution in [0.4, 0.5) is 0 Å². The van der Waals surface area contributed by atoms with Crippen molar-refractivity contribution >= 4 is 11.4 Å². The second-order valence-electron chi connectivity index (χ2n) is 4.00. The van der Waals surface area contributed by atoms with Crippen LogP contribution in [-0.2, 0) is 11.2 Å². The van der Waals surface area contributed by atoms with E-state index in [9.17, 15) is 4.79 Å². The third-order valence-corrected chi connectivity index (χ3v) is 3.04. The summed E-state index contributed by atoms with van der Waals surface area (Å²) < 4.78 is 5.21. The Balaban J connectivity index is 2.53. The highest BCUT2D eigenvalue weighted by Gasteiger charge is 2.18. The number of methoxy groups -OCH3 is 1. The van der Waals surface area contributed by atoms with Crippen molar-refractivity contribution in [2.24, 2.45) is 0 Å². The molecule has 1 aromatic carbocycles. The normalized spacial score (nSPS) is 18.1. The largest absolute Gasteiger partial charge is 0.497 e. The molecule has 0 aliphatic heterocycles. The molecule has 1 aliphatic carbocycles. The Bertz CT molecular complexity index is 444. The van der Waals surface area contributed by atoms with Crippen molar-refractivity contribution in [2.45, 2.75) is 26.2 Å². The SMILES string of the molecule is C/C=C1/C(=O)CCCc2cc(OC)ccc21. The predicted octanol–water partition coefficient (Wildman–Crippen LogP) is 3.00. The number of hydrogen-bond donors (Lipinski definition) is 0. The number of ether oxygens (including phenoxy) is 1. The second kappa shape index (κ2) is 4.52. The van der Waals surface area contributed by atoms with E-state index in [0.29, 0.717) is 6.42 Å². The Labute approximate surface area is 95.9 Å². The first-order valence-electron chi connectivity index (χ1n) is 5.63. The lowest BCUT2D eigenvalue weighted by molar-refractivity contribution is -0.113. The zero-order chi connectivity index (χ0) is 11.5. The Kier molecular flexibility index (Phi) is 3.09. The van der Waals surface area contributed by atoms with Crippen LogP contribution in [0.5, 0.6) is 5.75 Å². The molecule has 0 aromatic heterocycles. The molecule has 2 rings (SSSR count). The van der Waals surface area contributed by atoms with Gasteiger partial charge in [-0.2, -0.15) is 0 Å². The lowest BCUT2D eigenvalue weighted by atomic mass is 9.97. The maximum absolute atomic E-state index is 11.9. The predicted molar refractivity (Wildman–Crippen MR) is 64.6 cm³/mol. The van der Waals surface area contributed by atoms with E-state index in [-0.39, 0.29) is 5.78 Å². The van der Waals surface area contributed by atoms with Gasteiger partial charge in [0, 0.05) is 12.0 Å². The Morgan fingerprint density at radius 1 is 1.31 bits per heavy atom. The molecule has 0 fully saturated rings. The average molecular weight is 216 g/mol. The first-order valence-corrected chi connectivity index (χ1v) is 5.63. The van der Waals surface area contributed by atoms with Crippen molar-refractivity contribution < 1.29 is 9.53 Å². The van der Waals surface area contributed by atoms with E-state index in [4.69, 9.17) is 4.74 Å². The van der Waals surface area contributed by atoms with Crippen LogP contribution < -0.4 is 4.74 Å². The topological polar surface area (TPSA) is 26.3 Å². The lowest BCUT2D eigenvalue weighted by Gasteiger charge is -2.09. The summed E-state index contributed by atoms with van der Waals surface area (Å²) in [4.78, 5) is 11.9. The maximum Gasteiger partial charge on any atom is 0.163 e. The van der Waals surface area contributed by atoms with Gasteiger partial charge in [0.05, 0.1) is 7.11 Å². The Hall–Kier alpha value is -1.57. The molecule has 16 heavy (non-hydrogen) atoms. The highest BCUT2D eigenvalue weighted by molar-refractivity contribution is 6.21. The van der Waals surface area contributed by atoms with Crippen LogP contribution in [0.2, 0.25) is 0 Å². The van der Waals surface area contributed by atoms with Gasteiger partial charge in [0.15, 0.2) is 5.78 Å². The molecule has 0 atom stereocenters. The fourth-order valence-corrected chi connectivity index (χ4v) is 2.21. The van der Waals surface area contributed by atoms with E-state index in [1.807, 2.05) is 31.2 Å². The molecule has 84 valence electrons. The fraction of sp³-hybridized carbons (Fsp3) is 0.357. The summed E-state index contributed by atoms with van der Waals surface area (Å²) in [5.41, 5.74) is 3.15. The number of carbonyl (C=O) groups excluding carboxylic acids is 1. The van der Waals surface area contributed by atoms with Gasteiger partial charge in [-0.3, -0.25) is 4.79 Å². The third kappa shape index (κ3) is 1.87. The molecule has 0 bridgehead atoms. The number of hydrogen-bond acceptors (Lipinski definition) is 2. The van der Waals surface area contributed by atoms with Gasteiger partial charge in [-0.15, -0.1) is 0 Å². The highest BCUT2D eigenvalue weighted by Crippen LogP contribution is 2.29. The standard InChI is InChI=1S/C14H16O2/c1-3-12-13-8-7-11(16-2)9-10(13)5-4-6-14(12)15/h3,7-9H,4-6H2,1-2H3/b12-3+. The zero-order valence-corrected chi connectivity index (χ0v) is 9.75. The van der Waals surface area contributed by atoms with Gasteiger partial charge in [-0.05, 0) is 43.0 Å². The molecule has 0 N–H and O–H groups in total. The van der Waals surface area contributed by atoms with Crippen molar-refractivity contribution in [3.05, 3.63) is 35.4 Å². The molecule has 0 saturated heterocycles. The van der Waals surface area contributed by atoms with E-state index in [0.717, 1.165) is 29.7 Å². The molecule has 0 unspecified atom stereocenters. The van der Waals surface area contributed by atoms with Crippen LogP contribution in [0.25, 0.3) is 5.57 Å². The summed E-state index contributed by atoms with van der Waals surface area (Å²) in [5.74, 6) is 1.12.